The molecule has 0 spiro atoms. The number of benzene rings is 2. The summed E-state index contributed by atoms with van der Waals surface area (Å²) < 4.78 is 5.13. The zero-order valence-corrected chi connectivity index (χ0v) is 11.8. The molecule has 2 aromatic rings. The van der Waals surface area contributed by atoms with Crippen LogP contribution >= 0.6 is 0 Å². The first-order valence-corrected chi connectivity index (χ1v) is 6.56. The van der Waals surface area contributed by atoms with Crippen LogP contribution in [0.15, 0.2) is 42.5 Å². The number of hydrogen-bond donors (Lipinski definition) is 1. The van der Waals surface area contributed by atoms with Crippen LogP contribution in [0.25, 0.3) is 0 Å². The number of ether oxygens (including phenoxy) is 1. The van der Waals surface area contributed by atoms with Crippen molar-refractivity contribution >= 4 is 0 Å². The molecule has 2 rings (SSSR count). The van der Waals surface area contributed by atoms with Crippen LogP contribution in [0.4, 0.5) is 0 Å². The highest BCUT2D eigenvalue weighted by molar-refractivity contribution is 5.45. The van der Waals surface area contributed by atoms with E-state index in [4.69, 9.17) is 10.00 Å². The molecule has 0 radical (unpaired) electrons. The zero-order valence-electron chi connectivity index (χ0n) is 11.8. The molecule has 0 aliphatic carbocycles. The highest BCUT2D eigenvalue weighted by Crippen LogP contribution is 2.18. The Morgan fingerprint density at radius 2 is 1.70 bits per heavy atom. The quantitative estimate of drug-likeness (QED) is 0.904. The molecule has 0 fully saturated rings. The van der Waals surface area contributed by atoms with E-state index < -0.39 is 0 Å². The smallest absolute Gasteiger partial charge is 0.136 e. The lowest BCUT2D eigenvalue weighted by Crippen LogP contribution is -2.12. The van der Waals surface area contributed by atoms with Gasteiger partial charge < -0.3 is 10.1 Å². The minimum Gasteiger partial charge on any atom is -0.495 e. The van der Waals surface area contributed by atoms with Crippen LogP contribution in [0, 0.1) is 18.3 Å². The van der Waals surface area contributed by atoms with Gasteiger partial charge in [0, 0.05) is 13.1 Å². The van der Waals surface area contributed by atoms with Crippen molar-refractivity contribution in [3.63, 3.8) is 0 Å². The monoisotopic (exact) mass is 266 g/mol. The number of methoxy groups -OCH3 is 1. The van der Waals surface area contributed by atoms with Crippen LogP contribution in [-0.4, -0.2) is 7.11 Å². The van der Waals surface area contributed by atoms with Crippen LogP contribution in [0.2, 0.25) is 0 Å². The first-order valence-electron chi connectivity index (χ1n) is 6.56. The van der Waals surface area contributed by atoms with Crippen molar-refractivity contribution in [2.24, 2.45) is 0 Å². The van der Waals surface area contributed by atoms with Gasteiger partial charge in [-0.05, 0) is 30.2 Å². The fourth-order valence-electron chi connectivity index (χ4n) is 2.01. The second-order valence-electron chi connectivity index (χ2n) is 4.74. The van der Waals surface area contributed by atoms with Crippen LogP contribution in [-0.2, 0) is 13.1 Å². The summed E-state index contributed by atoms with van der Waals surface area (Å²) in [5, 5.41) is 12.4. The molecule has 20 heavy (non-hydrogen) atoms. The average Bonchev–Trinajstić information content (AvgIpc) is 2.49. The molecule has 0 aromatic heterocycles. The first kappa shape index (κ1) is 14.1. The summed E-state index contributed by atoms with van der Waals surface area (Å²) in [7, 11) is 1.57. The van der Waals surface area contributed by atoms with Gasteiger partial charge in [-0.15, -0.1) is 0 Å². The van der Waals surface area contributed by atoms with Gasteiger partial charge in [-0.1, -0.05) is 35.9 Å². The van der Waals surface area contributed by atoms with Crippen molar-refractivity contribution in [1.29, 1.82) is 5.26 Å². The van der Waals surface area contributed by atoms with E-state index in [0.717, 1.165) is 18.7 Å². The summed E-state index contributed by atoms with van der Waals surface area (Å²) in [6.07, 6.45) is 0. The Morgan fingerprint density at radius 1 is 1.05 bits per heavy atom. The van der Waals surface area contributed by atoms with Crippen LogP contribution in [0.1, 0.15) is 22.3 Å². The van der Waals surface area contributed by atoms with Crippen LogP contribution in [0.3, 0.4) is 0 Å². The lowest BCUT2D eigenvalue weighted by molar-refractivity contribution is 0.413. The Balaban J connectivity index is 1.94. The van der Waals surface area contributed by atoms with E-state index in [9.17, 15) is 0 Å². The average molecular weight is 266 g/mol. The molecule has 3 nitrogen and oxygen atoms in total. The minimum absolute atomic E-state index is 0.571. The molecule has 0 aliphatic heterocycles. The SMILES string of the molecule is COc1ccc(CNCc2ccc(C)cc2)cc1C#N. The van der Waals surface area contributed by atoms with Gasteiger partial charge in [0.2, 0.25) is 0 Å². The summed E-state index contributed by atoms with van der Waals surface area (Å²) in [4.78, 5) is 0. The van der Waals surface area contributed by atoms with Gasteiger partial charge in [0.25, 0.3) is 0 Å². The molecule has 0 bridgehead atoms. The number of nitrogens with one attached hydrogen (secondary N) is 1. The van der Waals surface area contributed by atoms with E-state index >= 15 is 0 Å². The summed E-state index contributed by atoms with van der Waals surface area (Å²) >= 11 is 0. The van der Waals surface area contributed by atoms with Crippen molar-refractivity contribution in [2.75, 3.05) is 7.11 Å². The maximum atomic E-state index is 9.05. The summed E-state index contributed by atoms with van der Waals surface area (Å²) in [5.74, 6) is 0.620. The zero-order chi connectivity index (χ0) is 14.4. The molecule has 3 heteroatoms. The van der Waals surface area contributed by atoms with Gasteiger partial charge in [0.1, 0.15) is 11.8 Å². The molecule has 1 N–H and O–H groups in total. The number of hydrogen-bond acceptors (Lipinski definition) is 3. The maximum Gasteiger partial charge on any atom is 0.136 e. The van der Waals surface area contributed by atoms with E-state index in [2.05, 4.69) is 42.6 Å². The van der Waals surface area contributed by atoms with Crippen molar-refractivity contribution in [3.05, 3.63) is 64.7 Å². The predicted octanol–water partition coefficient (Wildman–Crippen LogP) is 3.17. The third-order valence-electron chi connectivity index (χ3n) is 3.16. The molecule has 0 atom stereocenters. The summed E-state index contributed by atoms with van der Waals surface area (Å²) in [6.45, 7) is 3.62. The highest BCUT2D eigenvalue weighted by atomic mass is 16.5. The van der Waals surface area contributed by atoms with E-state index in [0.29, 0.717) is 11.3 Å². The Labute approximate surface area is 119 Å². The largest absolute Gasteiger partial charge is 0.495 e. The maximum absolute atomic E-state index is 9.05. The third-order valence-corrected chi connectivity index (χ3v) is 3.16. The lowest BCUT2D eigenvalue weighted by atomic mass is 10.1. The number of nitriles is 1. The minimum atomic E-state index is 0.571. The Morgan fingerprint density at radius 3 is 2.35 bits per heavy atom. The second-order valence-corrected chi connectivity index (χ2v) is 4.74. The molecule has 0 heterocycles. The molecule has 2 aromatic carbocycles. The molecule has 0 aliphatic rings. The van der Waals surface area contributed by atoms with E-state index in [1.807, 2.05) is 18.2 Å². The predicted molar refractivity (Wildman–Crippen MR) is 79.4 cm³/mol. The summed E-state index contributed by atoms with van der Waals surface area (Å²) in [5.41, 5.74) is 4.17. The number of rotatable bonds is 5. The number of aryl methyl sites for hydroxylation is 1. The molecule has 102 valence electrons. The normalized spacial score (nSPS) is 10.1. The van der Waals surface area contributed by atoms with E-state index in [1.54, 1.807) is 7.11 Å². The fourth-order valence-corrected chi connectivity index (χ4v) is 2.01. The molecule has 0 unspecified atom stereocenters. The van der Waals surface area contributed by atoms with Gasteiger partial charge in [0.15, 0.2) is 0 Å². The van der Waals surface area contributed by atoms with Gasteiger partial charge in [-0.25, -0.2) is 0 Å². The highest BCUT2D eigenvalue weighted by Gasteiger charge is 2.03. The fraction of sp³-hybridized carbons (Fsp3) is 0.235. The summed E-state index contributed by atoms with van der Waals surface area (Å²) in [6, 6.07) is 16.3. The standard InChI is InChI=1S/C17H18N2O/c1-13-3-5-14(6-4-13)11-19-12-15-7-8-17(20-2)16(9-15)10-18/h3-9,19H,11-12H2,1-2H3. The van der Waals surface area contributed by atoms with E-state index in [1.165, 1.54) is 11.1 Å². The first-order chi connectivity index (χ1) is 9.72. The molecule has 0 amide bonds. The second kappa shape index (κ2) is 6.74. The van der Waals surface area contributed by atoms with Crippen LogP contribution in [0.5, 0.6) is 5.75 Å². The Hall–Kier alpha value is -2.31. The van der Waals surface area contributed by atoms with Crippen molar-refractivity contribution in [3.8, 4) is 11.8 Å². The lowest BCUT2D eigenvalue weighted by Gasteiger charge is -2.08. The van der Waals surface area contributed by atoms with E-state index in [-0.39, 0.29) is 0 Å². The molecule has 0 saturated carbocycles. The molecular weight excluding hydrogens is 248 g/mol. The van der Waals surface area contributed by atoms with Gasteiger partial charge >= 0.3 is 0 Å². The van der Waals surface area contributed by atoms with Gasteiger partial charge in [-0.2, -0.15) is 5.26 Å². The Bertz CT molecular complexity index is 612. The van der Waals surface area contributed by atoms with Crippen LogP contribution < -0.4 is 10.1 Å². The van der Waals surface area contributed by atoms with Crippen molar-refractivity contribution in [2.45, 2.75) is 20.0 Å². The van der Waals surface area contributed by atoms with Crippen molar-refractivity contribution in [1.82, 2.24) is 5.32 Å². The number of nitrogens with zero attached hydrogens (tertiary/aromatic N) is 1. The van der Waals surface area contributed by atoms with Gasteiger partial charge in [-0.3, -0.25) is 0 Å². The van der Waals surface area contributed by atoms with Gasteiger partial charge in [0.05, 0.1) is 12.7 Å². The van der Waals surface area contributed by atoms with Crippen molar-refractivity contribution < 1.29 is 4.74 Å². The Kier molecular flexibility index (Phi) is 4.75. The molecule has 0 saturated heterocycles. The topological polar surface area (TPSA) is 45.0 Å². The third kappa shape index (κ3) is 3.59. The molecular formula is C17H18N2O.